The zero-order valence-electron chi connectivity index (χ0n) is 6.99. The molecule has 0 bridgehead atoms. The molecule has 0 aromatic carbocycles. The highest BCUT2D eigenvalue weighted by Gasteiger charge is 1.74. The quantitative estimate of drug-likeness (QED) is 0.420. The molecule has 0 amide bonds. The minimum absolute atomic E-state index is 1.11. The summed E-state index contributed by atoms with van der Waals surface area (Å²) >= 11 is 6.14. The molecule has 0 fully saturated rings. The first-order valence-electron chi connectivity index (χ1n) is 3.49. The van der Waals surface area contributed by atoms with Gasteiger partial charge in [-0.15, -0.1) is 0 Å². The SMILES string of the molecule is CCCNI.CSCCNI. The topological polar surface area (TPSA) is 24.1 Å². The van der Waals surface area contributed by atoms with Gasteiger partial charge >= 0.3 is 0 Å². The molecule has 5 heteroatoms. The molecule has 11 heavy (non-hydrogen) atoms. The van der Waals surface area contributed by atoms with E-state index in [1.807, 2.05) is 11.8 Å². The minimum atomic E-state index is 1.11. The summed E-state index contributed by atoms with van der Waals surface area (Å²) in [6, 6.07) is 0. The van der Waals surface area contributed by atoms with Crippen molar-refractivity contribution in [1.82, 2.24) is 7.06 Å². The maximum absolute atomic E-state index is 3.02. The standard InChI is InChI=1S/C3H8INS.C3H8IN/c1-6-3-2-5-4;1-2-3-5-4/h5H,2-3H2,1H3;5H,2-3H2,1H3. The van der Waals surface area contributed by atoms with Crippen molar-refractivity contribution < 1.29 is 0 Å². The molecule has 0 radical (unpaired) electrons. The summed E-state index contributed by atoms with van der Waals surface area (Å²) in [5.74, 6) is 1.21. The first kappa shape index (κ1) is 15.2. The van der Waals surface area contributed by atoms with Crippen LogP contribution in [0.5, 0.6) is 0 Å². The predicted molar refractivity (Wildman–Crippen MR) is 72.7 cm³/mol. The van der Waals surface area contributed by atoms with Crippen molar-refractivity contribution in [2.75, 3.05) is 25.1 Å². The highest BCUT2D eigenvalue weighted by molar-refractivity contribution is 14.1. The second kappa shape index (κ2) is 17.7. The van der Waals surface area contributed by atoms with Crippen LogP contribution in [0.25, 0.3) is 0 Å². The lowest BCUT2D eigenvalue weighted by Gasteiger charge is -1.88. The van der Waals surface area contributed by atoms with E-state index in [2.05, 4.69) is 66.0 Å². The minimum Gasteiger partial charge on any atom is -0.261 e. The summed E-state index contributed by atoms with van der Waals surface area (Å²) in [4.78, 5) is 0. The van der Waals surface area contributed by atoms with Crippen LogP contribution < -0.4 is 7.06 Å². The molecule has 70 valence electrons. The fraction of sp³-hybridized carbons (Fsp3) is 1.00. The Balaban J connectivity index is 0. The van der Waals surface area contributed by atoms with E-state index in [-0.39, 0.29) is 0 Å². The van der Waals surface area contributed by atoms with Gasteiger partial charge in [-0.25, -0.2) is 0 Å². The molecular weight excluding hydrogens is 386 g/mol. The van der Waals surface area contributed by atoms with Crippen LogP contribution in [-0.4, -0.2) is 25.1 Å². The van der Waals surface area contributed by atoms with Gasteiger partial charge in [0, 0.05) is 64.6 Å². The van der Waals surface area contributed by atoms with E-state index in [1.165, 1.54) is 12.2 Å². The molecule has 0 aliphatic rings. The number of hydrogen-bond acceptors (Lipinski definition) is 3. The Kier molecular flexibility index (Phi) is 24.5. The van der Waals surface area contributed by atoms with Crippen molar-refractivity contribution in [2.45, 2.75) is 13.3 Å². The maximum Gasteiger partial charge on any atom is 0.0169 e. The highest BCUT2D eigenvalue weighted by atomic mass is 127. The Morgan fingerprint density at radius 3 is 1.82 bits per heavy atom. The van der Waals surface area contributed by atoms with Gasteiger partial charge in [0.2, 0.25) is 0 Å². The second-order valence-corrected chi connectivity index (χ2v) is 4.27. The van der Waals surface area contributed by atoms with Gasteiger partial charge in [0.05, 0.1) is 0 Å². The molecule has 0 atom stereocenters. The zero-order chi connectivity index (χ0) is 8.95. The van der Waals surface area contributed by atoms with Crippen molar-refractivity contribution in [2.24, 2.45) is 0 Å². The van der Waals surface area contributed by atoms with Gasteiger partial charge in [-0.3, -0.25) is 7.06 Å². The van der Waals surface area contributed by atoms with Gasteiger partial charge in [-0.05, 0) is 12.7 Å². The largest absolute Gasteiger partial charge is 0.261 e. The number of nitrogens with one attached hydrogen (secondary N) is 2. The van der Waals surface area contributed by atoms with Gasteiger partial charge in [0.25, 0.3) is 0 Å². The van der Waals surface area contributed by atoms with Crippen molar-refractivity contribution in [1.29, 1.82) is 0 Å². The molecule has 0 spiro atoms. The summed E-state index contributed by atoms with van der Waals surface area (Å²) in [6.07, 6.45) is 3.33. The number of rotatable bonds is 5. The lowest BCUT2D eigenvalue weighted by molar-refractivity contribution is 0.899. The third-order valence-electron chi connectivity index (χ3n) is 0.745. The average molecular weight is 402 g/mol. The summed E-state index contributed by atoms with van der Waals surface area (Å²) < 4.78 is 6.01. The van der Waals surface area contributed by atoms with Crippen molar-refractivity contribution in [3.63, 3.8) is 0 Å². The predicted octanol–water partition coefficient (Wildman–Crippen LogP) is 2.62. The molecule has 0 aromatic heterocycles. The Bertz CT molecular complexity index is 51.8. The van der Waals surface area contributed by atoms with Crippen molar-refractivity contribution in [3.05, 3.63) is 0 Å². The summed E-state index contributed by atoms with van der Waals surface area (Å²) in [7, 11) is 0. The third kappa shape index (κ3) is 24.5. The van der Waals surface area contributed by atoms with Gasteiger partial charge in [-0.1, -0.05) is 6.92 Å². The van der Waals surface area contributed by atoms with E-state index in [0.717, 1.165) is 13.1 Å². The first-order valence-corrected chi connectivity index (χ1v) is 7.04. The van der Waals surface area contributed by atoms with Crippen LogP contribution in [0, 0.1) is 0 Å². The van der Waals surface area contributed by atoms with E-state index in [4.69, 9.17) is 0 Å². The van der Waals surface area contributed by atoms with Crippen LogP contribution >= 0.6 is 57.5 Å². The molecule has 0 aliphatic carbocycles. The van der Waals surface area contributed by atoms with E-state index in [0.29, 0.717) is 0 Å². The lowest BCUT2D eigenvalue weighted by atomic mass is 10.5. The molecule has 0 heterocycles. The molecule has 2 nitrogen and oxygen atoms in total. The molecule has 0 rings (SSSR count). The van der Waals surface area contributed by atoms with Crippen molar-refractivity contribution in [3.8, 4) is 0 Å². The van der Waals surface area contributed by atoms with Crippen LogP contribution in [0.1, 0.15) is 13.3 Å². The number of thioether (sulfide) groups is 1. The van der Waals surface area contributed by atoms with Crippen LogP contribution in [0.3, 0.4) is 0 Å². The maximum atomic E-state index is 3.02. The zero-order valence-corrected chi connectivity index (χ0v) is 12.1. The molecule has 0 aromatic rings. The van der Waals surface area contributed by atoms with Crippen LogP contribution in [0.4, 0.5) is 0 Å². The summed E-state index contributed by atoms with van der Waals surface area (Å²) in [5, 5.41) is 0. The molecular formula is C6H16I2N2S. The summed E-state index contributed by atoms with van der Waals surface area (Å²) in [5.41, 5.74) is 0. The second-order valence-electron chi connectivity index (χ2n) is 1.76. The first-order chi connectivity index (χ1) is 5.33. The van der Waals surface area contributed by atoms with Gasteiger partial charge in [0.15, 0.2) is 0 Å². The average Bonchev–Trinajstić information content (AvgIpc) is 2.04. The summed E-state index contributed by atoms with van der Waals surface area (Å²) in [6.45, 7) is 4.38. The molecule has 0 aliphatic heterocycles. The van der Waals surface area contributed by atoms with Gasteiger partial charge in [-0.2, -0.15) is 11.8 Å². The van der Waals surface area contributed by atoms with E-state index < -0.39 is 0 Å². The Morgan fingerprint density at radius 2 is 1.73 bits per heavy atom. The number of hydrogen-bond donors (Lipinski definition) is 2. The fourth-order valence-electron chi connectivity index (χ4n) is 0.235. The van der Waals surface area contributed by atoms with Crippen LogP contribution in [0.15, 0.2) is 0 Å². The number of halogens is 2. The monoisotopic (exact) mass is 402 g/mol. The van der Waals surface area contributed by atoms with Crippen LogP contribution in [0.2, 0.25) is 0 Å². The smallest absolute Gasteiger partial charge is 0.0169 e. The Morgan fingerprint density at radius 1 is 1.18 bits per heavy atom. The Hall–Kier alpha value is 1.73. The Labute approximate surface area is 102 Å². The van der Waals surface area contributed by atoms with E-state index in [9.17, 15) is 0 Å². The molecule has 0 saturated heterocycles. The lowest BCUT2D eigenvalue weighted by Crippen LogP contribution is -2.01. The van der Waals surface area contributed by atoms with Crippen molar-refractivity contribution >= 4 is 57.5 Å². The van der Waals surface area contributed by atoms with E-state index >= 15 is 0 Å². The highest BCUT2D eigenvalue weighted by Crippen LogP contribution is 1.87. The van der Waals surface area contributed by atoms with Crippen LogP contribution in [-0.2, 0) is 0 Å². The van der Waals surface area contributed by atoms with Gasteiger partial charge < -0.3 is 0 Å². The van der Waals surface area contributed by atoms with Gasteiger partial charge in [0.1, 0.15) is 0 Å². The third-order valence-corrected chi connectivity index (χ3v) is 2.44. The molecule has 0 saturated carbocycles. The normalized spacial score (nSPS) is 8.73. The molecule has 2 N–H and O–H groups in total. The molecule has 0 unspecified atom stereocenters. The van der Waals surface area contributed by atoms with E-state index in [1.54, 1.807) is 0 Å². The fourth-order valence-corrected chi connectivity index (χ4v) is 1.72.